The Morgan fingerprint density at radius 2 is 1.86 bits per heavy atom. The van der Waals surface area contributed by atoms with Crippen molar-refractivity contribution < 1.29 is 32.7 Å². The summed E-state index contributed by atoms with van der Waals surface area (Å²) in [6.07, 6.45) is 2.76. The van der Waals surface area contributed by atoms with Crippen molar-refractivity contribution in [3.63, 3.8) is 0 Å². The molecule has 1 N–H and O–H groups in total. The highest BCUT2D eigenvalue weighted by Gasteiger charge is 2.39. The Labute approximate surface area is 211 Å². The molecule has 0 saturated carbocycles. The van der Waals surface area contributed by atoms with Crippen molar-refractivity contribution in [2.75, 3.05) is 11.9 Å². The molecule has 1 unspecified atom stereocenters. The lowest BCUT2D eigenvalue weighted by Gasteiger charge is -2.30. The number of carbonyl (C=O) groups excluding carboxylic acids is 2. The number of nitrogens with zero attached hydrogens (tertiary/aromatic N) is 1. The summed E-state index contributed by atoms with van der Waals surface area (Å²) in [6, 6.07) is 14.2. The number of anilines is 1. The predicted molar refractivity (Wildman–Crippen MR) is 133 cm³/mol. The second-order valence-electron chi connectivity index (χ2n) is 8.72. The Morgan fingerprint density at radius 1 is 1.11 bits per heavy atom. The fourth-order valence-corrected chi connectivity index (χ4v) is 5.88. The lowest BCUT2D eigenvalue weighted by atomic mass is 10.1. The van der Waals surface area contributed by atoms with Crippen molar-refractivity contribution in [2.24, 2.45) is 0 Å². The summed E-state index contributed by atoms with van der Waals surface area (Å²) in [6.45, 7) is 3.20. The van der Waals surface area contributed by atoms with E-state index in [-0.39, 0.29) is 12.2 Å². The van der Waals surface area contributed by atoms with E-state index in [2.05, 4.69) is 10.3 Å². The van der Waals surface area contributed by atoms with Gasteiger partial charge in [-0.3, -0.25) is 14.1 Å². The Kier molecular flexibility index (Phi) is 6.34. The van der Waals surface area contributed by atoms with Crippen LogP contribution in [-0.2, 0) is 32.7 Å². The van der Waals surface area contributed by atoms with Gasteiger partial charge in [0, 0.05) is 43.1 Å². The molecule has 9 nitrogen and oxygen atoms in total. The second-order valence-corrected chi connectivity index (χ2v) is 11.1. The lowest BCUT2D eigenvalue weighted by molar-refractivity contribution is -0.222. The van der Waals surface area contributed by atoms with Gasteiger partial charge in [0.2, 0.25) is 0 Å². The van der Waals surface area contributed by atoms with Gasteiger partial charge < -0.3 is 19.3 Å². The number of pyridine rings is 1. The number of para-hydroxylation sites is 1. The lowest BCUT2D eigenvalue weighted by Crippen LogP contribution is -2.42. The zero-order valence-corrected chi connectivity index (χ0v) is 21.0. The van der Waals surface area contributed by atoms with E-state index in [1.807, 2.05) is 12.1 Å². The average molecular weight is 529 g/mol. The Morgan fingerprint density at radius 3 is 2.61 bits per heavy atom. The number of hydrogen-bond donors (Lipinski definition) is 1. The maximum absolute atomic E-state index is 13.6. The number of fused-ring (bicyclic) bond motifs is 1. The first kappa shape index (κ1) is 24.5. The minimum absolute atomic E-state index is 0.255. The first-order valence-corrected chi connectivity index (χ1v) is 13.1. The molecule has 186 valence electrons. The third-order valence-electron chi connectivity index (χ3n) is 5.63. The van der Waals surface area contributed by atoms with Crippen LogP contribution in [0.15, 0.2) is 66.5 Å². The maximum atomic E-state index is 13.6. The standard InChI is InChI=1S/C25H22ClN2O7P/c1-25(2)33-23(29)19(24(30)34-25)14-27-20-8-4-6-16-12-18(13-28-22(16)20)36(31)32-10-9-21(35-36)15-5-3-7-17(26)11-15/h3-8,11-14,21,27H,9-10H2,1-2H3/t21-,36?/m0/s1. The van der Waals surface area contributed by atoms with Crippen LogP contribution in [0.25, 0.3) is 10.9 Å². The van der Waals surface area contributed by atoms with Crippen LogP contribution < -0.4 is 10.6 Å². The minimum Gasteiger partial charge on any atom is -0.419 e. The fraction of sp³-hybridized carbons (Fsp3) is 0.240. The molecule has 0 radical (unpaired) electrons. The van der Waals surface area contributed by atoms with Gasteiger partial charge in [-0.15, -0.1) is 0 Å². The van der Waals surface area contributed by atoms with Crippen LogP contribution in [0, 0.1) is 0 Å². The minimum atomic E-state index is -3.65. The highest BCUT2D eigenvalue weighted by atomic mass is 35.5. The third-order valence-corrected chi connectivity index (χ3v) is 7.80. The number of hydrogen-bond acceptors (Lipinski definition) is 9. The van der Waals surface area contributed by atoms with E-state index >= 15 is 0 Å². The number of benzene rings is 2. The monoisotopic (exact) mass is 528 g/mol. The zero-order valence-electron chi connectivity index (χ0n) is 19.4. The molecule has 3 heterocycles. The Balaban J connectivity index is 1.41. The molecule has 2 atom stereocenters. The first-order valence-electron chi connectivity index (χ1n) is 11.1. The third kappa shape index (κ3) is 4.88. The highest BCUT2D eigenvalue weighted by molar-refractivity contribution is 7.62. The zero-order chi connectivity index (χ0) is 25.5. The van der Waals surface area contributed by atoms with E-state index < -0.39 is 31.4 Å². The highest BCUT2D eigenvalue weighted by Crippen LogP contribution is 2.55. The maximum Gasteiger partial charge on any atom is 0.363 e. The largest absolute Gasteiger partial charge is 0.419 e. The molecule has 2 aliphatic rings. The summed E-state index contributed by atoms with van der Waals surface area (Å²) in [5.74, 6) is -2.91. The molecule has 36 heavy (non-hydrogen) atoms. The van der Waals surface area contributed by atoms with E-state index in [1.54, 1.807) is 36.4 Å². The molecule has 0 amide bonds. The van der Waals surface area contributed by atoms with Crippen LogP contribution in [-0.4, -0.2) is 29.3 Å². The summed E-state index contributed by atoms with van der Waals surface area (Å²) in [4.78, 5) is 28.9. The molecule has 2 fully saturated rings. The van der Waals surface area contributed by atoms with Crippen molar-refractivity contribution in [3.8, 4) is 0 Å². The topological polar surface area (TPSA) is 113 Å². The molecule has 2 aliphatic heterocycles. The van der Waals surface area contributed by atoms with Crippen LogP contribution in [0.5, 0.6) is 0 Å². The van der Waals surface area contributed by atoms with Crippen molar-refractivity contribution in [3.05, 3.63) is 77.1 Å². The summed E-state index contributed by atoms with van der Waals surface area (Å²) in [7, 11) is -3.65. The number of esters is 2. The number of halogens is 1. The summed E-state index contributed by atoms with van der Waals surface area (Å²) in [5, 5.41) is 4.45. The van der Waals surface area contributed by atoms with Gasteiger partial charge in [-0.2, -0.15) is 0 Å². The summed E-state index contributed by atoms with van der Waals surface area (Å²) >= 11 is 6.11. The number of aromatic nitrogens is 1. The number of ether oxygens (including phenoxy) is 2. The Hall–Kier alpha value is -3.23. The molecular formula is C25H22ClN2O7P. The Bertz CT molecular complexity index is 1430. The predicted octanol–water partition coefficient (Wildman–Crippen LogP) is 5.02. The second kappa shape index (κ2) is 9.33. The average Bonchev–Trinajstić information content (AvgIpc) is 2.82. The summed E-state index contributed by atoms with van der Waals surface area (Å²) in [5.41, 5.74) is 1.58. The molecule has 0 aliphatic carbocycles. The van der Waals surface area contributed by atoms with Crippen LogP contribution in [0.1, 0.15) is 31.9 Å². The van der Waals surface area contributed by atoms with E-state index in [0.29, 0.717) is 33.3 Å². The smallest absolute Gasteiger partial charge is 0.363 e. The van der Waals surface area contributed by atoms with Crippen molar-refractivity contribution in [1.29, 1.82) is 0 Å². The molecule has 5 rings (SSSR count). The van der Waals surface area contributed by atoms with Gasteiger partial charge in [0.25, 0.3) is 5.79 Å². The van der Waals surface area contributed by atoms with Gasteiger partial charge in [0.1, 0.15) is 0 Å². The van der Waals surface area contributed by atoms with Gasteiger partial charge in [0.15, 0.2) is 5.57 Å². The SMILES string of the molecule is CC1(C)OC(=O)C(=CNc2cccc3cc(P4(=O)OCC[C@@H](c5cccc(Cl)c5)O4)cnc23)C(=O)O1. The molecular weight excluding hydrogens is 507 g/mol. The van der Waals surface area contributed by atoms with E-state index in [9.17, 15) is 14.2 Å². The molecule has 0 spiro atoms. The van der Waals surface area contributed by atoms with Crippen molar-refractivity contribution in [1.82, 2.24) is 4.98 Å². The van der Waals surface area contributed by atoms with Gasteiger partial charge in [-0.1, -0.05) is 35.9 Å². The first-order chi connectivity index (χ1) is 17.1. The van der Waals surface area contributed by atoms with E-state index in [1.165, 1.54) is 26.2 Å². The van der Waals surface area contributed by atoms with Crippen LogP contribution >= 0.6 is 19.2 Å². The van der Waals surface area contributed by atoms with E-state index in [4.69, 9.17) is 30.1 Å². The molecule has 2 saturated heterocycles. The van der Waals surface area contributed by atoms with Gasteiger partial charge in [0.05, 0.1) is 29.2 Å². The quantitative estimate of drug-likeness (QED) is 0.216. The molecule has 3 aromatic rings. The fourth-order valence-electron chi connectivity index (χ4n) is 3.94. The van der Waals surface area contributed by atoms with Crippen LogP contribution in [0.3, 0.4) is 0 Å². The number of nitrogens with one attached hydrogen (secondary N) is 1. The molecule has 2 aromatic carbocycles. The summed E-state index contributed by atoms with van der Waals surface area (Å²) < 4.78 is 35.4. The molecule has 11 heteroatoms. The van der Waals surface area contributed by atoms with Gasteiger partial charge >= 0.3 is 19.5 Å². The molecule has 1 aromatic heterocycles. The van der Waals surface area contributed by atoms with Gasteiger partial charge in [-0.25, -0.2) is 9.59 Å². The van der Waals surface area contributed by atoms with Crippen LogP contribution in [0.2, 0.25) is 5.02 Å². The molecule has 0 bridgehead atoms. The normalized spacial score (nSPS) is 23.6. The number of rotatable bonds is 4. The van der Waals surface area contributed by atoms with Crippen molar-refractivity contribution in [2.45, 2.75) is 32.2 Å². The van der Waals surface area contributed by atoms with Gasteiger partial charge in [-0.05, 0) is 29.8 Å². The number of carbonyl (C=O) groups is 2. The van der Waals surface area contributed by atoms with E-state index in [0.717, 1.165) is 5.56 Å². The number of cyclic esters (lactones) is 2. The van der Waals surface area contributed by atoms with Crippen LogP contribution in [0.4, 0.5) is 5.69 Å². The van der Waals surface area contributed by atoms with Crippen molar-refractivity contribution >= 4 is 53.0 Å².